The Hall–Kier alpha value is -3.09. The first-order valence-electron chi connectivity index (χ1n) is 9.04. The fourth-order valence-electron chi connectivity index (χ4n) is 3.15. The topological polar surface area (TPSA) is 86.6 Å². The minimum absolute atomic E-state index is 0.232. The van der Waals surface area contributed by atoms with Crippen molar-refractivity contribution in [3.63, 3.8) is 0 Å². The summed E-state index contributed by atoms with van der Waals surface area (Å²) in [6.45, 7) is 7.20. The SMILES string of the molecule is COc1cccc(C(=O)NCC(=O)OCC(=O)c2cc(C)n(C(C)C)c2C)c1. The number of aryl methyl sites for hydroxylation is 1. The molecule has 1 aromatic heterocycles. The van der Waals surface area contributed by atoms with Gasteiger partial charge in [0, 0.05) is 28.6 Å². The van der Waals surface area contributed by atoms with Gasteiger partial charge in [0.25, 0.3) is 5.91 Å². The van der Waals surface area contributed by atoms with Crippen molar-refractivity contribution in [3.8, 4) is 5.75 Å². The van der Waals surface area contributed by atoms with Gasteiger partial charge < -0.3 is 19.4 Å². The van der Waals surface area contributed by atoms with Gasteiger partial charge in [-0.1, -0.05) is 6.07 Å². The Bertz CT molecular complexity index is 883. The quantitative estimate of drug-likeness (QED) is 0.557. The van der Waals surface area contributed by atoms with Gasteiger partial charge in [-0.25, -0.2) is 0 Å². The molecule has 7 heteroatoms. The average molecular weight is 386 g/mol. The summed E-state index contributed by atoms with van der Waals surface area (Å²) in [5, 5.41) is 2.47. The van der Waals surface area contributed by atoms with E-state index in [1.54, 1.807) is 30.3 Å². The zero-order valence-electron chi connectivity index (χ0n) is 16.9. The predicted octanol–water partition coefficient (Wildman–Crippen LogP) is 2.85. The molecule has 1 aromatic carbocycles. The van der Waals surface area contributed by atoms with Crippen molar-refractivity contribution < 1.29 is 23.9 Å². The molecular weight excluding hydrogens is 360 g/mol. The molecular formula is C21H26N2O5. The highest BCUT2D eigenvalue weighted by Gasteiger charge is 2.18. The second-order valence-corrected chi connectivity index (χ2v) is 6.75. The lowest BCUT2D eigenvalue weighted by Gasteiger charge is -2.13. The van der Waals surface area contributed by atoms with Gasteiger partial charge in [-0.05, 0) is 52.0 Å². The van der Waals surface area contributed by atoms with E-state index >= 15 is 0 Å². The Morgan fingerprint density at radius 1 is 1.14 bits per heavy atom. The van der Waals surface area contributed by atoms with Crippen LogP contribution in [0.25, 0.3) is 0 Å². The largest absolute Gasteiger partial charge is 0.497 e. The van der Waals surface area contributed by atoms with E-state index in [4.69, 9.17) is 9.47 Å². The summed E-state index contributed by atoms with van der Waals surface area (Å²) in [6, 6.07) is 8.60. The number of esters is 1. The number of ether oxygens (including phenoxy) is 2. The number of hydrogen-bond donors (Lipinski definition) is 1. The maximum absolute atomic E-state index is 12.4. The molecule has 0 radical (unpaired) electrons. The zero-order chi connectivity index (χ0) is 20.8. The van der Waals surface area contributed by atoms with E-state index < -0.39 is 11.9 Å². The number of rotatable bonds is 8. The number of nitrogens with one attached hydrogen (secondary N) is 1. The molecule has 0 bridgehead atoms. The first-order chi connectivity index (χ1) is 13.2. The third-order valence-electron chi connectivity index (χ3n) is 4.39. The van der Waals surface area contributed by atoms with E-state index in [0.717, 1.165) is 11.4 Å². The van der Waals surface area contributed by atoms with Gasteiger partial charge >= 0.3 is 5.97 Å². The van der Waals surface area contributed by atoms with Crippen molar-refractivity contribution >= 4 is 17.7 Å². The molecule has 0 saturated heterocycles. The number of amides is 1. The molecule has 0 unspecified atom stereocenters. The minimum atomic E-state index is -0.678. The maximum atomic E-state index is 12.4. The summed E-state index contributed by atoms with van der Waals surface area (Å²) in [4.78, 5) is 36.4. The molecule has 1 N–H and O–H groups in total. The normalized spacial score (nSPS) is 10.6. The monoisotopic (exact) mass is 386 g/mol. The number of carbonyl (C=O) groups excluding carboxylic acids is 3. The predicted molar refractivity (Wildman–Crippen MR) is 105 cm³/mol. The van der Waals surface area contributed by atoms with Crippen molar-refractivity contribution in [1.29, 1.82) is 0 Å². The van der Waals surface area contributed by atoms with Crippen molar-refractivity contribution in [2.45, 2.75) is 33.7 Å². The van der Waals surface area contributed by atoms with E-state index in [0.29, 0.717) is 16.9 Å². The first-order valence-corrected chi connectivity index (χ1v) is 9.04. The molecule has 0 aliphatic carbocycles. The molecule has 1 heterocycles. The van der Waals surface area contributed by atoms with Crippen LogP contribution in [0.3, 0.4) is 0 Å². The van der Waals surface area contributed by atoms with Gasteiger partial charge in [0.1, 0.15) is 12.3 Å². The smallest absolute Gasteiger partial charge is 0.325 e. The number of hydrogen-bond acceptors (Lipinski definition) is 5. The Kier molecular flexibility index (Phi) is 6.98. The fraction of sp³-hybridized carbons (Fsp3) is 0.381. The minimum Gasteiger partial charge on any atom is -0.497 e. The number of Topliss-reactive ketones (excluding diaryl/α,β-unsaturated/α-hetero) is 1. The average Bonchev–Trinajstić information content (AvgIpc) is 2.98. The van der Waals surface area contributed by atoms with Crippen LogP contribution in [0.4, 0.5) is 0 Å². The molecule has 0 saturated carbocycles. The summed E-state index contributed by atoms with van der Waals surface area (Å²) in [6.07, 6.45) is 0. The van der Waals surface area contributed by atoms with Crippen LogP contribution in [-0.4, -0.2) is 42.5 Å². The van der Waals surface area contributed by atoms with Crippen LogP contribution < -0.4 is 10.1 Å². The summed E-state index contributed by atoms with van der Waals surface area (Å²) in [5.74, 6) is -0.836. The number of ketones is 1. The van der Waals surface area contributed by atoms with Crippen molar-refractivity contribution in [2.75, 3.05) is 20.3 Å². The highest BCUT2D eigenvalue weighted by atomic mass is 16.5. The summed E-state index contributed by atoms with van der Waals surface area (Å²) in [7, 11) is 1.50. The lowest BCUT2D eigenvalue weighted by molar-refractivity contribution is -0.141. The second-order valence-electron chi connectivity index (χ2n) is 6.75. The van der Waals surface area contributed by atoms with E-state index in [1.807, 2.05) is 27.7 Å². The summed E-state index contributed by atoms with van der Waals surface area (Å²) < 4.78 is 12.1. The number of aromatic nitrogens is 1. The highest BCUT2D eigenvalue weighted by Crippen LogP contribution is 2.20. The van der Waals surface area contributed by atoms with E-state index in [1.165, 1.54) is 7.11 Å². The van der Waals surface area contributed by atoms with Crippen LogP contribution in [-0.2, 0) is 9.53 Å². The molecule has 2 aromatic rings. The van der Waals surface area contributed by atoms with Crippen LogP contribution in [0, 0.1) is 13.8 Å². The summed E-state index contributed by atoms with van der Waals surface area (Å²) in [5.41, 5.74) is 2.73. The fourth-order valence-corrected chi connectivity index (χ4v) is 3.15. The van der Waals surface area contributed by atoms with Gasteiger partial charge in [-0.2, -0.15) is 0 Å². The van der Waals surface area contributed by atoms with Gasteiger partial charge in [-0.3, -0.25) is 14.4 Å². The summed E-state index contributed by atoms with van der Waals surface area (Å²) >= 11 is 0. The third kappa shape index (κ3) is 5.00. The van der Waals surface area contributed by atoms with Crippen LogP contribution in [0.15, 0.2) is 30.3 Å². The van der Waals surface area contributed by atoms with Crippen molar-refractivity contribution in [3.05, 3.63) is 52.8 Å². The molecule has 0 aliphatic heterocycles. The Morgan fingerprint density at radius 3 is 2.46 bits per heavy atom. The lowest BCUT2D eigenvalue weighted by Crippen LogP contribution is -2.31. The number of methoxy groups -OCH3 is 1. The van der Waals surface area contributed by atoms with Gasteiger partial charge in [0.15, 0.2) is 6.61 Å². The molecule has 7 nitrogen and oxygen atoms in total. The number of nitrogens with zero attached hydrogens (tertiary/aromatic N) is 1. The Morgan fingerprint density at radius 2 is 1.86 bits per heavy atom. The molecule has 150 valence electrons. The highest BCUT2D eigenvalue weighted by molar-refractivity contribution is 6.00. The maximum Gasteiger partial charge on any atom is 0.325 e. The number of benzene rings is 1. The molecule has 0 atom stereocenters. The Labute approximate surface area is 164 Å². The van der Waals surface area contributed by atoms with Gasteiger partial charge in [-0.15, -0.1) is 0 Å². The lowest BCUT2D eigenvalue weighted by atomic mass is 10.1. The van der Waals surface area contributed by atoms with E-state index in [9.17, 15) is 14.4 Å². The van der Waals surface area contributed by atoms with Gasteiger partial charge in [0.2, 0.25) is 5.78 Å². The molecule has 0 aliphatic rings. The van der Waals surface area contributed by atoms with Crippen LogP contribution in [0.1, 0.15) is 52.0 Å². The zero-order valence-corrected chi connectivity index (χ0v) is 16.9. The van der Waals surface area contributed by atoms with Crippen LogP contribution in [0.5, 0.6) is 5.75 Å². The standard InChI is InChI=1S/C21H26N2O5/c1-13(2)23-14(3)9-18(15(23)4)19(24)12-28-20(25)11-22-21(26)16-7-6-8-17(10-16)27-5/h6-10,13H,11-12H2,1-5H3,(H,22,26). The first kappa shape index (κ1) is 21.2. The van der Waals surface area contributed by atoms with Crippen molar-refractivity contribution in [1.82, 2.24) is 9.88 Å². The van der Waals surface area contributed by atoms with Crippen molar-refractivity contribution in [2.24, 2.45) is 0 Å². The van der Waals surface area contributed by atoms with Crippen LogP contribution >= 0.6 is 0 Å². The molecule has 1 amide bonds. The number of carbonyl (C=O) groups is 3. The molecule has 28 heavy (non-hydrogen) atoms. The molecule has 2 rings (SSSR count). The Balaban J connectivity index is 1.88. The van der Waals surface area contributed by atoms with Gasteiger partial charge in [0.05, 0.1) is 7.11 Å². The molecule has 0 spiro atoms. The van der Waals surface area contributed by atoms with E-state index in [2.05, 4.69) is 9.88 Å². The third-order valence-corrected chi connectivity index (χ3v) is 4.39. The van der Waals surface area contributed by atoms with Crippen LogP contribution in [0.2, 0.25) is 0 Å². The second kappa shape index (κ2) is 9.21. The molecule has 0 fully saturated rings. The van der Waals surface area contributed by atoms with E-state index in [-0.39, 0.29) is 25.0 Å².